The third-order valence-corrected chi connectivity index (χ3v) is 6.66. The number of hydrogen-bond donors (Lipinski definition) is 3. The van der Waals surface area contributed by atoms with Crippen molar-refractivity contribution in [3.05, 3.63) is 89.5 Å². The van der Waals surface area contributed by atoms with Crippen LogP contribution in [0.15, 0.2) is 77.7 Å². The van der Waals surface area contributed by atoms with Gasteiger partial charge in [0.05, 0.1) is 17.8 Å². The Morgan fingerprint density at radius 2 is 1.74 bits per heavy atom. The highest BCUT2D eigenvalue weighted by Gasteiger charge is 2.21. The lowest BCUT2D eigenvalue weighted by Crippen LogP contribution is -2.36. The molecule has 0 radical (unpaired) electrons. The van der Waals surface area contributed by atoms with Crippen LogP contribution in [0.1, 0.15) is 35.3 Å². The van der Waals surface area contributed by atoms with E-state index in [1.165, 1.54) is 17.3 Å². The molecule has 0 aliphatic rings. The van der Waals surface area contributed by atoms with Crippen molar-refractivity contribution in [2.75, 3.05) is 32.1 Å². The molecule has 0 fully saturated rings. The molecule has 6 heteroatoms. The Balaban J connectivity index is 1.57. The van der Waals surface area contributed by atoms with Gasteiger partial charge >= 0.3 is 5.97 Å². The maximum Gasteiger partial charge on any atom is 0.336 e. The molecule has 0 aromatic heterocycles. The molecule has 0 bridgehead atoms. The molecule has 34 heavy (non-hydrogen) atoms. The van der Waals surface area contributed by atoms with Crippen molar-refractivity contribution in [3.8, 4) is 11.1 Å². The Morgan fingerprint density at radius 1 is 1.03 bits per heavy atom. The first-order valence-electron chi connectivity index (χ1n) is 11.6. The van der Waals surface area contributed by atoms with Crippen LogP contribution in [0.3, 0.4) is 0 Å². The average molecular weight is 480 g/mol. The highest BCUT2D eigenvalue weighted by Crippen LogP contribution is 2.29. The summed E-state index contributed by atoms with van der Waals surface area (Å²) >= 11 is 1.51. The summed E-state index contributed by atoms with van der Waals surface area (Å²) in [6, 6.07) is 23.5. The van der Waals surface area contributed by atoms with Crippen LogP contribution in [0.5, 0.6) is 0 Å². The van der Waals surface area contributed by atoms with Crippen molar-refractivity contribution in [1.82, 2.24) is 5.32 Å². The summed E-state index contributed by atoms with van der Waals surface area (Å²) in [6.45, 7) is 6.25. The number of carbonyl (C=O) groups is 1. The van der Waals surface area contributed by atoms with Gasteiger partial charge in [0.2, 0.25) is 0 Å². The van der Waals surface area contributed by atoms with Gasteiger partial charge in [-0.3, -0.25) is 0 Å². The second kappa shape index (κ2) is 12.7. The molecule has 0 aliphatic heterocycles. The molecule has 5 nitrogen and oxygen atoms in total. The molecule has 3 aromatic carbocycles. The first kappa shape index (κ1) is 26.0. The number of nitrogens with one attached hydrogen (secondary N) is 1. The van der Waals surface area contributed by atoms with Crippen molar-refractivity contribution < 1.29 is 19.7 Å². The van der Waals surface area contributed by atoms with Crippen molar-refractivity contribution in [3.63, 3.8) is 0 Å². The first-order chi connectivity index (χ1) is 16.4. The largest absolute Gasteiger partial charge is 0.478 e. The summed E-state index contributed by atoms with van der Waals surface area (Å²) in [5, 5.41) is 23.6. The minimum Gasteiger partial charge on any atom is -0.478 e. The number of aromatic carboxylic acids is 1. The van der Waals surface area contributed by atoms with Gasteiger partial charge in [-0.25, -0.2) is 4.79 Å². The van der Waals surface area contributed by atoms with E-state index in [1.54, 1.807) is 6.07 Å². The lowest BCUT2D eigenvalue weighted by atomic mass is 9.96. The topological polar surface area (TPSA) is 78.8 Å². The Bertz CT molecular complexity index is 1050. The number of hydrogen-bond acceptors (Lipinski definition) is 5. The number of benzene rings is 3. The summed E-state index contributed by atoms with van der Waals surface area (Å²) in [7, 11) is 0. The Morgan fingerprint density at radius 3 is 2.41 bits per heavy atom. The van der Waals surface area contributed by atoms with E-state index in [4.69, 9.17) is 4.74 Å². The fourth-order valence-electron chi connectivity index (χ4n) is 3.68. The van der Waals surface area contributed by atoms with Crippen LogP contribution in [0.2, 0.25) is 0 Å². The lowest BCUT2D eigenvalue weighted by Gasteiger charge is -2.24. The zero-order valence-electron chi connectivity index (χ0n) is 19.8. The second-order valence-corrected chi connectivity index (χ2v) is 9.46. The van der Waals surface area contributed by atoms with Gasteiger partial charge in [-0.2, -0.15) is 0 Å². The molecule has 3 rings (SSSR count). The normalized spacial score (nSPS) is 12.9. The number of carboxylic acids is 1. The van der Waals surface area contributed by atoms with Crippen LogP contribution in [-0.2, 0) is 16.8 Å². The van der Waals surface area contributed by atoms with Crippen LogP contribution in [0.25, 0.3) is 11.1 Å². The van der Waals surface area contributed by atoms with E-state index in [-0.39, 0.29) is 0 Å². The first-order valence-corrected chi connectivity index (χ1v) is 12.5. The van der Waals surface area contributed by atoms with Crippen LogP contribution < -0.4 is 5.32 Å². The number of thioether (sulfide) groups is 1. The predicted molar refractivity (Wildman–Crippen MR) is 139 cm³/mol. The smallest absolute Gasteiger partial charge is 0.336 e. The summed E-state index contributed by atoms with van der Waals surface area (Å²) in [5.74, 6) is -0.208. The van der Waals surface area contributed by atoms with E-state index in [1.807, 2.05) is 56.3 Å². The van der Waals surface area contributed by atoms with Gasteiger partial charge in [-0.05, 0) is 61.2 Å². The maximum atomic E-state index is 11.6. The van der Waals surface area contributed by atoms with E-state index < -0.39 is 11.6 Å². The molecule has 3 N–H and O–H groups in total. The maximum absolute atomic E-state index is 11.6. The van der Waals surface area contributed by atoms with E-state index in [0.717, 1.165) is 34.6 Å². The second-order valence-electron chi connectivity index (χ2n) is 8.33. The third-order valence-electron chi connectivity index (χ3n) is 5.64. The fraction of sp³-hybridized carbons (Fsp3) is 0.321. The van der Waals surface area contributed by atoms with Gasteiger partial charge in [0, 0.05) is 23.8 Å². The average Bonchev–Trinajstić information content (AvgIpc) is 2.85. The third kappa shape index (κ3) is 7.43. The molecule has 3 aromatic rings. The zero-order valence-corrected chi connectivity index (χ0v) is 20.6. The molecule has 1 atom stereocenters. The number of ether oxygens (including phenoxy) is 1. The van der Waals surface area contributed by atoms with Crippen molar-refractivity contribution >= 4 is 17.7 Å². The summed E-state index contributed by atoms with van der Waals surface area (Å²) in [4.78, 5) is 12.4. The number of rotatable bonds is 13. The molecule has 0 saturated heterocycles. The summed E-state index contributed by atoms with van der Waals surface area (Å²) in [6.07, 6.45) is 0.849. The zero-order chi connectivity index (χ0) is 24.4. The van der Waals surface area contributed by atoms with Crippen molar-refractivity contribution in [2.45, 2.75) is 30.8 Å². The fourth-order valence-corrected chi connectivity index (χ4v) is 4.62. The van der Waals surface area contributed by atoms with Gasteiger partial charge in [0.25, 0.3) is 0 Å². The Hall–Kier alpha value is -2.64. The van der Waals surface area contributed by atoms with Gasteiger partial charge in [-0.1, -0.05) is 60.7 Å². The minimum atomic E-state index is -0.917. The lowest BCUT2D eigenvalue weighted by molar-refractivity contribution is 0.0572. The number of aliphatic hydroxyl groups is 1. The van der Waals surface area contributed by atoms with E-state index >= 15 is 0 Å². The summed E-state index contributed by atoms with van der Waals surface area (Å²) < 4.78 is 5.38. The molecule has 0 spiro atoms. The van der Waals surface area contributed by atoms with Crippen molar-refractivity contribution in [2.24, 2.45) is 0 Å². The molecule has 0 aliphatic carbocycles. The Labute approximate surface area is 206 Å². The van der Waals surface area contributed by atoms with Crippen LogP contribution in [0.4, 0.5) is 0 Å². The number of carboxylic acid groups (broad SMARTS) is 1. The minimum absolute atomic E-state index is 0.319. The predicted octanol–water partition coefficient (Wildman–Crippen LogP) is 5.22. The monoisotopic (exact) mass is 479 g/mol. The van der Waals surface area contributed by atoms with Gasteiger partial charge in [-0.15, -0.1) is 11.8 Å². The molecule has 0 saturated carbocycles. The molecule has 180 valence electrons. The van der Waals surface area contributed by atoms with Crippen LogP contribution >= 0.6 is 11.8 Å². The van der Waals surface area contributed by atoms with E-state index in [2.05, 4.69) is 29.6 Å². The molecular weight excluding hydrogens is 446 g/mol. The van der Waals surface area contributed by atoms with E-state index in [0.29, 0.717) is 31.1 Å². The molecule has 0 amide bonds. The van der Waals surface area contributed by atoms with Gasteiger partial charge in [0.15, 0.2) is 0 Å². The summed E-state index contributed by atoms with van der Waals surface area (Å²) in [5.41, 5.74) is 3.55. The van der Waals surface area contributed by atoms with Gasteiger partial charge in [0.1, 0.15) is 0 Å². The molecule has 0 heterocycles. The quantitative estimate of drug-likeness (QED) is 0.230. The highest BCUT2D eigenvalue weighted by atomic mass is 32.2. The van der Waals surface area contributed by atoms with Gasteiger partial charge < -0.3 is 20.3 Å². The SMILES string of the molecule is CCOCCSc1cc(-c2ccc(CCNC[C@](C)(O)c3ccccc3)cc2)ccc1C(=O)O. The Kier molecular flexibility index (Phi) is 9.72. The van der Waals surface area contributed by atoms with E-state index in [9.17, 15) is 15.0 Å². The van der Waals surface area contributed by atoms with Crippen LogP contribution in [-0.4, -0.2) is 48.2 Å². The molecular formula is C28H33NO4S. The standard InChI is InChI=1S/C28H33NO4S/c1-3-33-17-18-34-26-19-23(13-14-25(26)27(30)31)22-11-9-21(10-12-22)15-16-29-20-28(2,32)24-7-5-4-6-8-24/h4-14,19,29,32H,3,15-18,20H2,1-2H3,(H,30,31)/t28-/m0/s1. The highest BCUT2D eigenvalue weighted by molar-refractivity contribution is 7.99. The van der Waals surface area contributed by atoms with Crippen molar-refractivity contribution in [1.29, 1.82) is 0 Å². The molecule has 0 unspecified atom stereocenters. The van der Waals surface area contributed by atoms with Crippen LogP contribution in [0, 0.1) is 0 Å².